The van der Waals surface area contributed by atoms with Crippen molar-refractivity contribution in [2.45, 2.75) is 18.5 Å². The summed E-state index contributed by atoms with van der Waals surface area (Å²) in [6.45, 7) is 0. The lowest BCUT2D eigenvalue weighted by molar-refractivity contribution is 0.649. The van der Waals surface area contributed by atoms with Gasteiger partial charge >= 0.3 is 0 Å². The fourth-order valence-electron chi connectivity index (χ4n) is 3.07. The van der Waals surface area contributed by atoms with Gasteiger partial charge in [0.25, 0.3) is 0 Å². The zero-order chi connectivity index (χ0) is 13.5. The zero-order valence-corrected chi connectivity index (χ0v) is 11.9. The van der Waals surface area contributed by atoms with Crippen LogP contribution in [0, 0.1) is 0 Å². The first-order chi connectivity index (χ1) is 9.81. The Bertz CT molecular complexity index is 762. The second-order valence-corrected chi connectivity index (χ2v) is 6.29. The molecule has 0 fully saturated rings. The molecule has 0 amide bonds. The maximum absolute atomic E-state index is 6.23. The standard InChI is InChI=1S/C17H16N2S/c18-15-10-16(14-4-2-1-3-13(14)15)19-12-5-6-17-11(9-12)7-8-20-17/h1-9,15-16,19H,10,18H2. The van der Waals surface area contributed by atoms with E-state index in [1.54, 1.807) is 11.3 Å². The Morgan fingerprint density at radius 3 is 2.80 bits per heavy atom. The smallest absolute Gasteiger partial charge is 0.0535 e. The first-order valence-electron chi connectivity index (χ1n) is 6.89. The fraction of sp³-hybridized carbons (Fsp3) is 0.176. The minimum absolute atomic E-state index is 0.147. The molecule has 3 heteroatoms. The Labute approximate surface area is 122 Å². The van der Waals surface area contributed by atoms with E-state index in [0.29, 0.717) is 6.04 Å². The van der Waals surface area contributed by atoms with Crippen molar-refractivity contribution in [2.24, 2.45) is 5.73 Å². The van der Waals surface area contributed by atoms with Crippen molar-refractivity contribution < 1.29 is 0 Å². The molecular weight excluding hydrogens is 264 g/mol. The molecule has 1 heterocycles. The number of hydrogen-bond acceptors (Lipinski definition) is 3. The number of nitrogens with two attached hydrogens (primary N) is 1. The van der Waals surface area contributed by atoms with Gasteiger partial charge < -0.3 is 11.1 Å². The average molecular weight is 280 g/mol. The van der Waals surface area contributed by atoms with Gasteiger partial charge in [0.1, 0.15) is 0 Å². The molecule has 2 nitrogen and oxygen atoms in total. The summed E-state index contributed by atoms with van der Waals surface area (Å²) in [5, 5.41) is 7.07. The summed E-state index contributed by atoms with van der Waals surface area (Å²) in [4.78, 5) is 0. The first-order valence-corrected chi connectivity index (χ1v) is 7.77. The summed E-state index contributed by atoms with van der Waals surface area (Å²) < 4.78 is 1.33. The van der Waals surface area contributed by atoms with E-state index in [1.807, 2.05) is 0 Å². The van der Waals surface area contributed by atoms with E-state index >= 15 is 0 Å². The van der Waals surface area contributed by atoms with E-state index in [9.17, 15) is 0 Å². The molecular formula is C17H16N2S. The van der Waals surface area contributed by atoms with Gasteiger partial charge in [-0.25, -0.2) is 0 Å². The van der Waals surface area contributed by atoms with Crippen molar-refractivity contribution in [3.8, 4) is 0 Å². The molecule has 0 saturated heterocycles. The van der Waals surface area contributed by atoms with Crippen LogP contribution < -0.4 is 11.1 Å². The second kappa shape index (κ2) is 4.62. The van der Waals surface area contributed by atoms with Crippen LogP contribution in [0.25, 0.3) is 10.1 Å². The molecule has 3 aromatic rings. The van der Waals surface area contributed by atoms with E-state index in [-0.39, 0.29) is 6.04 Å². The number of hydrogen-bond donors (Lipinski definition) is 2. The monoisotopic (exact) mass is 280 g/mol. The van der Waals surface area contributed by atoms with Gasteiger partial charge in [-0.3, -0.25) is 0 Å². The quantitative estimate of drug-likeness (QED) is 0.727. The van der Waals surface area contributed by atoms with Crippen molar-refractivity contribution in [1.29, 1.82) is 0 Å². The van der Waals surface area contributed by atoms with Crippen LogP contribution in [-0.4, -0.2) is 0 Å². The van der Waals surface area contributed by atoms with Crippen LogP contribution in [0.2, 0.25) is 0 Å². The second-order valence-electron chi connectivity index (χ2n) is 5.34. The third-order valence-corrected chi connectivity index (χ3v) is 4.95. The topological polar surface area (TPSA) is 38.0 Å². The Hall–Kier alpha value is -1.84. The molecule has 1 aromatic heterocycles. The molecule has 0 spiro atoms. The highest BCUT2D eigenvalue weighted by Gasteiger charge is 2.27. The average Bonchev–Trinajstić information content (AvgIpc) is 3.05. The number of rotatable bonds is 2. The highest BCUT2D eigenvalue weighted by molar-refractivity contribution is 7.17. The molecule has 2 aromatic carbocycles. The number of thiophene rings is 1. The zero-order valence-electron chi connectivity index (χ0n) is 11.0. The minimum atomic E-state index is 0.147. The van der Waals surface area contributed by atoms with Crippen molar-refractivity contribution in [2.75, 3.05) is 5.32 Å². The molecule has 0 radical (unpaired) electrons. The summed E-state index contributed by atoms with van der Waals surface area (Å²) in [5.41, 5.74) is 10.0. The number of anilines is 1. The van der Waals surface area contributed by atoms with Crippen LogP contribution in [0.5, 0.6) is 0 Å². The summed E-state index contributed by atoms with van der Waals surface area (Å²) in [5.74, 6) is 0. The van der Waals surface area contributed by atoms with Gasteiger partial charge in [-0.1, -0.05) is 24.3 Å². The van der Waals surface area contributed by atoms with Gasteiger partial charge in [-0.05, 0) is 52.6 Å². The Balaban J connectivity index is 1.66. The van der Waals surface area contributed by atoms with Crippen molar-refractivity contribution in [3.63, 3.8) is 0 Å². The third-order valence-electron chi connectivity index (χ3n) is 4.05. The molecule has 1 aliphatic carbocycles. The normalized spacial score (nSPS) is 21.1. The lowest BCUT2D eigenvalue weighted by Crippen LogP contribution is -2.09. The molecule has 2 unspecified atom stereocenters. The van der Waals surface area contributed by atoms with E-state index < -0.39 is 0 Å². The summed E-state index contributed by atoms with van der Waals surface area (Å²) >= 11 is 1.78. The summed E-state index contributed by atoms with van der Waals surface area (Å²) in [6, 6.07) is 17.7. The van der Waals surface area contributed by atoms with E-state index in [2.05, 4.69) is 59.2 Å². The third kappa shape index (κ3) is 1.90. The Kier molecular flexibility index (Phi) is 2.76. The van der Waals surface area contributed by atoms with Crippen molar-refractivity contribution in [3.05, 3.63) is 65.0 Å². The maximum Gasteiger partial charge on any atom is 0.0535 e. The fourth-order valence-corrected chi connectivity index (χ4v) is 3.84. The first kappa shape index (κ1) is 11.9. The van der Waals surface area contributed by atoms with Crippen LogP contribution in [0.15, 0.2) is 53.9 Å². The molecule has 3 N–H and O–H groups in total. The number of fused-ring (bicyclic) bond motifs is 2. The molecule has 20 heavy (non-hydrogen) atoms. The van der Waals surface area contributed by atoms with Crippen LogP contribution >= 0.6 is 11.3 Å². The van der Waals surface area contributed by atoms with Crippen LogP contribution in [0.1, 0.15) is 29.6 Å². The molecule has 2 atom stereocenters. The van der Waals surface area contributed by atoms with E-state index in [0.717, 1.165) is 6.42 Å². The van der Waals surface area contributed by atoms with Gasteiger partial charge in [-0.2, -0.15) is 0 Å². The van der Waals surface area contributed by atoms with Gasteiger partial charge in [0.2, 0.25) is 0 Å². The van der Waals surface area contributed by atoms with Crippen LogP contribution in [-0.2, 0) is 0 Å². The maximum atomic E-state index is 6.23. The minimum Gasteiger partial charge on any atom is -0.378 e. The summed E-state index contributed by atoms with van der Waals surface area (Å²) in [7, 11) is 0. The molecule has 0 bridgehead atoms. The highest BCUT2D eigenvalue weighted by atomic mass is 32.1. The highest BCUT2D eigenvalue weighted by Crippen LogP contribution is 2.39. The number of benzene rings is 2. The van der Waals surface area contributed by atoms with Crippen molar-refractivity contribution >= 4 is 27.1 Å². The predicted octanol–water partition coefficient (Wildman–Crippen LogP) is 4.46. The molecule has 1 aliphatic rings. The van der Waals surface area contributed by atoms with Crippen LogP contribution in [0.3, 0.4) is 0 Å². The Morgan fingerprint density at radius 2 is 1.90 bits per heavy atom. The molecule has 0 saturated carbocycles. The van der Waals surface area contributed by atoms with Crippen molar-refractivity contribution in [1.82, 2.24) is 0 Å². The largest absolute Gasteiger partial charge is 0.378 e. The lowest BCUT2D eigenvalue weighted by atomic mass is 10.1. The van der Waals surface area contributed by atoms with Gasteiger partial charge in [-0.15, -0.1) is 11.3 Å². The van der Waals surface area contributed by atoms with Gasteiger partial charge in [0.05, 0.1) is 6.04 Å². The Morgan fingerprint density at radius 1 is 1.05 bits per heavy atom. The SMILES string of the molecule is NC1CC(Nc2ccc3sccc3c2)c2ccccc21. The number of nitrogens with one attached hydrogen (secondary N) is 1. The van der Waals surface area contributed by atoms with Crippen LogP contribution in [0.4, 0.5) is 5.69 Å². The lowest BCUT2D eigenvalue weighted by Gasteiger charge is -2.15. The predicted molar refractivity (Wildman–Crippen MR) is 86.2 cm³/mol. The van der Waals surface area contributed by atoms with Gasteiger partial charge in [0.15, 0.2) is 0 Å². The van der Waals surface area contributed by atoms with E-state index in [4.69, 9.17) is 5.73 Å². The summed E-state index contributed by atoms with van der Waals surface area (Å²) in [6.07, 6.45) is 0.959. The molecule has 100 valence electrons. The van der Waals surface area contributed by atoms with E-state index in [1.165, 1.54) is 26.9 Å². The van der Waals surface area contributed by atoms with Gasteiger partial charge in [0, 0.05) is 16.4 Å². The molecule has 4 rings (SSSR count). The molecule has 0 aliphatic heterocycles.